The van der Waals surface area contributed by atoms with Gasteiger partial charge in [-0.05, 0) is 12.8 Å². The zero-order chi connectivity index (χ0) is 11.7. The van der Waals surface area contributed by atoms with Crippen LogP contribution in [0.15, 0.2) is 12.2 Å². The van der Waals surface area contributed by atoms with Crippen LogP contribution in [0.5, 0.6) is 0 Å². The third kappa shape index (κ3) is 6.89. The molecule has 0 amide bonds. The van der Waals surface area contributed by atoms with Gasteiger partial charge in [0.25, 0.3) is 0 Å². The largest absolute Gasteiger partial charge is 0.455 e. The first-order chi connectivity index (χ1) is 7.13. The maximum absolute atomic E-state index is 11.4. The summed E-state index contributed by atoms with van der Waals surface area (Å²) in [6, 6.07) is 0. The lowest BCUT2D eigenvalue weighted by molar-refractivity contribution is -0.143. The van der Waals surface area contributed by atoms with Gasteiger partial charge in [0.2, 0.25) is 0 Å². The highest BCUT2D eigenvalue weighted by atomic mass is 16.5. The Balaban J connectivity index is 3.79. The third-order valence-electron chi connectivity index (χ3n) is 2.35. The van der Waals surface area contributed by atoms with Crippen LogP contribution in [0, 0.1) is 5.92 Å². The van der Waals surface area contributed by atoms with Crippen molar-refractivity contribution in [3.63, 3.8) is 0 Å². The summed E-state index contributed by atoms with van der Waals surface area (Å²) < 4.78 is 4.76. The van der Waals surface area contributed by atoms with Gasteiger partial charge in [-0.1, -0.05) is 32.8 Å². The molecule has 86 valence electrons. The lowest BCUT2D eigenvalue weighted by Crippen LogP contribution is -2.15. The number of rotatable bonds is 7. The van der Waals surface area contributed by atoms with Crippen LogP contribution in [-0.2, 0) is 14.3 Å². The van der Waals surface area contributed by atoms with Gasteiger partial charge in [0.15, 0.2) is 5.78 Å². The van der Waals surface area contributed by atoms with Crippen molar-refractivity contribution in [1.82, 2.24) is 0 Å². The Morgan fingerprint density at radius 1 is 1.27 bits per heavy atom. The molecule has 0 saturated carbocycles. The van der Waals surface area contributed by atoms with Crippen LogP contribution in [0.3, 0.4) is 0 Å². The average Bonchev–Trinajstić information content (AvgIpc) is 2.23. The smallest absolute Gasteiger partial charge is 0.330 e. The van der Waals surface area contributed by atoms with E-state index < -0.39 is 5.97 Å². The van der Waals surface area contributed by atoms with E-state index in [9.17, 15) is 9.59 Å². The van der Waals surface area contributed by atoms with Crippen molar-refractivity contribution in [2.45, 2.75) is 40.0 Å². The van der Waals surface area contributed by atoms with Gasteiger partial charge in [-0.15, -0.1) is 0 Å². The van der Waals surface area contributed by atoms with E-state index >= 15 is 0 Å². The molecule has 0 saturated heterocycles. The SMILES string of the molecule is C/C=C/C(=O)OCC(=O)CC(CC)CC. The number of esters is 1. The number of Topliss-reactive ketones (excluding diaryl/α,β-unsaturated/α-hetero) is 1. The van der Waals surface area contributed by atoms with Crippen LogP contribution in [0.2, 0.25) is 0 Å². The standard InChI is InChI=1S/C12H20O3/c1-4-7-12(14)15-9-11(13)8-10(5-2)6-3/h4,7,10H,5-6,8-9H2,1-3H3/b7-4+. The first-order valence-corrected chi connectivity index (χ1v) is 5.45. The van der Waals surface area contributed by atoms with Crippen molar-refractivity contribution in [3.05, 3.63) is 12.2 Å². The van der Waals surface area contributed by atoms with Crippen molar-refractivity contribution < 1.29 is 14.3 Å². The number of allylic oxidation sites excluding steroid dienone is 1. The molecule has 0 spiro atoms. The fraction of sp³-hybridized carbons (Fsp3) is 0.667. The molecule has 3 nitrogen and oxygen atoms in total. The second kappa shape index (κ2) is 8.21. The van der Waals surface area contributed by atoms with Gasteiger partial charge >= 0.3 is 5.97 Å². The molecule has 0 fully saturated rings. The Bertz CT molecular complexity index is 227. The quantitative estimate of drug-likeness (QED) is 0.481. The summed E-state index contributed by atoms with van der Waals surface area (Å²) in [4.78, 5) is 22.3. The van der Waals surface area contributed by atoms with E-state index in [1.807, 2.05) is 0 Å². The van der Waals surface area contributed by atoms with Gasteiger partial charge in [-0.3, -0.25) is 4.79 Å². The Hall–Kier alpha value is -1.12. The zero-order valence-electron chi connectivity index (χ0n) is 9.79. The molecule has 0 aromatic heterocycles. The van der Waals surface area contributed by atoms with Crippen molar-refractivity contribution in [2.75, 3.05) is 6.61 Å². The van der Waals surface area contributed by atoms with Crippen molar-refractivity contribution in [3.8, 4) is 0 Å². The number of ketones is 1. The molecule has 0 atom stereocenters. The second-order valence-corrected chi connectivity index (χ2v) is 3.53. The fourth-order valence-corrected chi connectivity index (χ4v) is 1.29. The molecule has 0 N–H and O–H groups in total. The van der Waals surface area contributed by atoms with E-state index in [1.165, 1.54) is 6.08 Å². The molecule has 0 radical (unpaired) electrons. The molecule has 0 rings (SSSR count). The van der Waals surface area contributed by atoms with Crippen LogP contribution in [0.25, 0.3) is 0 Å². The molecule has 15 heavy (non-hydrogen) atoms. The lowest BCUT2D eigenvalue weighted by Gasteiger charge is -2.10. The highest BCUT2D eigenvalue weighted by Gasteiger charge is 2.11. The molecular formula is C12H20O3. The molecule has 0 aromatic carbocycles. The highest BCUT2D eigenvalue weighted by molar-refractivity contribution is 5.86. The molecule has 0 aliphatic rings. The molecule has 0 aromatic rings. The molecule has 0 unspecified atom stereocenters. The minimum Gasteiger partial charge on any atom is -0.455 e. The molecule has 3 heteroatoms. The van der Waals surface area contributed by atoms with Gasteiger partial charge < -0.3 is 4.74 Å². The predicted octanol–water partition coefficient (Wildman–Crippen LogP) is 2.50. The Morgan fingerprint density at radius 2 is 1.87 bits per heavy atom. The maximum Gasteiger partial charge on any atom is 0.330 e. The molecule has 0 aliphatic heterocycles. The van der Waals surface area contributed by atoms with E-state index in [-0.39, 0.29) is 12.4 Å². The number of ether oxygens (including phenoxy) is 1. The van der Waals surface area contributed by atoms with Crippen LogP contribution < -0.4 is 0 Å². The number of carbonyl (C=O) groups is 2. The summed E-state index contributed by atoms with van der Waals surface area (Å²) in [6.45, 7) is 5.76. The van der Waals surface area contributed by atoms with Crippen LogP contribution in [-0.4, -0.2) is 18.4 Å². The Labute approximate surface area is 91.5 Å². The van der Waals surface area contributed by atoms with Gasteiger partial charge in [-0.2, -0.15) is 0 Å². The summed E-state index contributed by atoms with van der Waals surface area (Å²) in [5.41, 5.74) is 0. The maximum atomic E-state index is 11.4. The van der Waals surface area contributed by atoms with E-state index in [1.54, 1.807) is 13.0 Å². The summed E-state index contributed by atoms with van der Waals surface area (Å²) in [6.07, 6.45) is 5.39. The second-order valence-electron chi connectivity index (χ2n) is 3.53. The summed E-state index contributed by atoms with van der Waals surface area (Å²) in [5.74, 6) is -0.0325. The van der Waals surface area contributed by atoms with E-state index in [0.717, 1.165) is 12.8 Å². The lowest BCUT2D eigenvalue weighted by atomic mass is 9.97. The monoisotopic (exact) mass is 212 g/mol. The minimum absolute atomic E-state index is 0.00144. The first kappa shape index (κ1) is 13.9. The molecular weight excluding hydrogens is 192 g/mol. The number of hydrogen-bond acceptors (Lipinski definition) is 3. The van der Waals surface area contributed by atoms with E-state index in [0.29, 0.717) is 12.3 Å². The topological polar surface area (TPSA) is 43.4 Å². The van der Waals surface area contributed by atoms with Crippen molar-refractivity contribution >= 4 is 11.8 Å². The molecule has 0 aliphatic carbocycles. The predicted molar refractivity (Wildman–Crippen MR) is 59.5 cm³/mol. The van der Waals surface area contributed by atoms with E-state index in [4.69, 9.17) is 4.74 Å². The Morgan fingerprint density at radius 3 is 2.33 bits per heavy atom. The first-order valence-electron chi connectivity index (χ1n) is 5.45. The van der Waals surface area contributed by atoms with Crippen LogP contribution in [0.4, 0.5) is 0 Å². The third-order valence-corrected chi connectivity index (χ3v) is 2.35. The highest BCUT2D eigenvalue weighted by Crippen LogP contribution is 2.12. The number of carbonyl (C=O) groups excluding carboxylic acids is 2. The summed E-state index contributed by atoms with van der Waals surface area (Å²) >= 11 is 0. The average molecular weight is 212 g/mol. The van der Waals surface area contributed by atoms with Crippen LogP contribution >= 0.6 is 0 Å². The summed E-state index contributed by atoms with van der Waals surface area (Å²) in [7, 11) is 0. The minimum atomic E-state index is -0.449. The van der Waals surface area contributed by atoms with Crippen molar-refractivity contribution in [1.29, 1.82) is 0 Å². The normalized spacial score (nSPS) is 10.9. The van der Waals surface area contributed by atoms with Gasteiger partial charge in [0.05, 0.1) is 0 Å². The van der Waals surface area contributed by atoms with E-state index in [2.05, 4.69) is 13.8 Å². The van der Waals surface area contributed by atoms with Gasteiger partial charge in [0, 0.05) is 12.5 Å². The van der Waals surface area contributed by atoms with Crippen molar-refractivity contribution in [2.24, 2.45) is 5.92 Å². The van der Waals surface area contributed by atoms with Gasteiger partial charge in [0.1, 0.15) is 6.61 Å². The van der Waals surface area contributed by atoms with Crippen LogP contribution in [0.1, 0.15) is 40.0 Å². The molecule has 0 heterocycles. The fourth-order valence-electron chi connectivity index (χ4n) is 1.29. The zero-order valence-corrected chi connectivity index (χ0v) is 9.79. The summed E-state index contributed by atoms with van der Waals surface area (Å²) in [5, 5.41) is 0. The Kier molecular flexibility index (Phi) is 7.60. The molecule has 0 bridgehead atoms. The van der Waals surface area contributed by atoms with Gasteiger partial charge in [-0.25, -0.2) is 4.79 Å². The number of hydrogen-bond donors (Lipinski definition) is 0.